The zero-order chi connectivity index (χ0) is 28.8. The summed E-state index contributed by atoms with van der Waals surface area (Å²) in [6.07, 6.45) is -4.83. The van der Waals surface area contributed by atoms with Gasteiger partial charge in [0.05, 0.1) is 17.5 Å². The molecule has 0 aromatic heterocycles. The minimum atomic E-state index is -3.16. The molecule has 0 unspecified atom stereocenters. The predicted molar refractivity (Wildman–Crippen MR) is 147 cm³/mol. The molecule has 214 valence electrons. The van der Waals surface area contributed by atoms with Crippen molar-refractivity contribution in [2.24, 2.45) is 0 Å². The van der Waals surface area contributed by atoms with E-state index in [1.165, 1.54) is 14.7 Å². The Morgan fingerprint density at radius 2 is 1.27 bits per heavy atom. The van der Waals surface area contributed by atoms with Gasteiger partial charge in [-0.15, -0.1) is 0 Å². The van der Waals surface area contributed by atoms with Crippen LogP contribution in [0.25, 0.3) is 0 Å². The highest BCUT2D eigenvalue weighted by Crippen LogP contribution is 2.36. The Hall–Kier alpha value is -2.82. The van der Waals surface area contributed by atoms with Crippen molar-refractivity contribution in [3.8, 4) is 0 Å². The topological polar surface area (TPSA) is 63.2 Å². The third-order valence-corrected chi connectivity index (χ3v) is 8.35. The molecule has 2 aliphatic rings. The molecule has 3 atom stereocenters. The molecular weight excluding hydrogens is 538 g/mol. The minimum Gasteiger partial charge on any atom is -0.459 e. The van der Waals surface area contributed by atoms with Crippen LogP contribution in [0.4, 0.5) is 8.78 Å². The molecule has 2 fully saturated rings. The van der Waals surface area contributed by atoms with Gasteiger partial charge in [0.15, 0.2) is 26.3 Å². The molecule has 9 heteroatoms. The van der Waals surface area contributed by atoms with Gasteiger partial charge in [0.2, 0.25) is 0 Å². The van der Waals surface area contributed by atoms with E-state index in [1.807, 2.05) is 0 Å². The van der Waals surface area contributed by atoms with Gasteiger partial charge in [0.25, 0.3) is 0 Å². The van der Waals surface area contributed by atoms with Gasteiger partial charge in [-0.05, 0) is 64.1 Å². The number of rotatable bonds is 7. The lowest BCUT2D eigenvalue weighted by atomic mass is 10.1. The molecule has 0 amide bonds. The van der Waals surface area contributed by atoms with E-state index >= 15 is 0 Å². The van der Waals surface area contributed by atoms with E-state index in [1.54, 1.807) is 27.7 Å². The first-order valence-corrected chi connectivity index (χ1v) is 14.3. The first-order chi connectivity index (χ1) is 19.0. The Kier molecular flexibility index (Phi) is 9.97. The van der Waals surface area contributed by atoms with Gasteiger partial charge in [-0.2, -0.15) is 8.78 Å². The smallest absolute Gasteiger partial charge is 0.373 e. The molecule has 0 bridgehead atoms. The lowest BCUT2D eigenvalue weighted by Crippen LogP contribution is -2.41. The number of benzene rings is 3. The molecule has 3 aromatic rings. The number of carbonyl (C=O) groups is 1. The average molecular weight is 574 g/mol. The van der Waals surface area contributed by atoms with Crippen LogP contribution in [0.1, 0.15) is 27.7 Å². The highest BCUT2D eigenvalue weighted by atomic mass is 32.2. The van der Waals surface area contributed by atoms with Crippen molar-refractivity contribution in [1.82, 2.24) is 0 Å². The van der Waals surface area contributed by atoms with Gasteiger partial charge in [-0.1, -0.05) is 54.6 Å². The van der Waals surface area contributed by atoms with Crippen molar-refractivity contribution in [1.29, 1.82) is 0 Å². The summed E-state index contributed by atoms with van der Waals surface area (Å²) >= 11 is 0. The maximum absolute atomic E-state index is 12.2. The van der Waals surface area contributed by atoms with Crippen LogP contribution >= 0.6 is 0 Å². The van der Waals surface area contributed by atoms with E-state index in [-0.39, 0.29) is 24.1 Å². The van der Waals surface area contributed by atoms with Crippen LogP contribution in [0.5, 0.6) is 0 Å². The van der Waals surface area contributed by atoms with Crippen molar-refractivity contribution in [2.75, 3.05) is 13.2 Å². The number of esters is 1. The number of carbonyl (C=O) groups excluding carboxylic acids is 1. The Morgan fingerprint density at radius 3 is 1.68 bits per heavy atom. The molecule has 2 aliphatic heterocycles. The maximum atomic E-state index is 12.2. The number of halogens is 2. The van der Waals surface area contributed by atoms with E-state index in [9.17, 15) is 13.6 Å². The van der Waals surface area contributed by atoms with Gasteiger partial charge in [-0.3, -0.25) is 0 Å². The Balaban J connectivity index is 0.000000186. The fraction of sp³-hybridized carbons (Fsp3) is 0.387. The minimum absolute atomic E-state index is 0.0146. The van der Waals surface area contributed by atoms with Crippen LogP contribution < -0.4 is 0 Å². The standard InChI is InChI=1S/C18H15S.C13H20F2O6/c1-4-10-16(11-5-1)19(17-12-6-2-7-13-17)18-14-8-3-9-15-18;1-12(2)18-6-8(19-12)9-7(20-13(3,4)21-9)5-17-11(16)10(14)15/h1-15H;7-10H,5-6H2,1-4H3/q+1;/t;7-,8+,9+/m.0/s1. The van der Waals surface area contributed by atoms with E-state index in [4.69, 9.17) is 18.9 Å². The van der Waals surface area contributed by atoms with Crippen LogP contribution in [-0.4, -0.2) is 55.5 Å². The van der Waals surface area contributed by atoms with Crippen LogP contribution in [-0.2, 0) is 39.4 Å². The van der Waals surface area contributed by atoms with Crippen molar-refractivity contribution in [3.63, 3.8) is 0 Å². The number of ether oxygens (including phenoxy) is 5. The quantitative estimate of drug-likeness (QED) is 0.246. The number of hydrogen-bond acceptors (Lipinski definition) is 6. The van der Waals surface area contributed by atoms with Crippen LogP contribution in [0.3, 0.4) is 0 Å². The third-order valence-electron chi connectivity index (χ3n) is 6.12. The maximum Gasteiger partial charge on any atom is 0.373 e. The molecule has 0 aliphatic carbocycles. The molecule has 40 heavy (non-hydrogen) atoms. The molecule has 2 saturated heterocycles. The molecule has 5 rings (SSSR count). The lowest BCUT2D eigenvalue weighted by molar-refractivity contribution is -0.175. The highest BCUT2D eigenvalue weighted by Gasteiger charge is 2.50. The van der Waals surface area contributed by atoms with Crippen molar-refractivity contribution >= 4 is 16.9 Å². The van der Waals surface area contributed by atoms with Crippen LogP contribution in [0.15, 0.2) is 106 Å². The first kappa shape index (κ1) is 30.1. The van der Waals surface area contributed by atoms with Gasteiger partial charge in [0, 0.05) is 0 Å². The van der Waals surface area contributed by atoms with E-state index in [0.29, 0.717) is 0 Å². The van der Waals surface area contributed by atoms with Crippen molar-refractivity contribution in [2.45, 2.75) is 78.7 Å². The second-order valence-electron chi connectivity index (χ2n) is 10.2. The largest absolute Gasteiger partial charge is 0.459 e. The molecule has 0 spiro atoms. The van der Waals surface area contributed by atoms with Crippen LogP contribution in [0.2, 0.25) is 0 Å². The summed E-state index contributed by atoms with van der Waals surface area (Å²) in [6.45, 7) is 6.87. The number of hydrogen-bond donors (Lipinski definition) is 0. The van der Waals surface area contributed by atoms with Crippen molar-refractivity contribution < 1.29 is 37.3 Å². The van der Waals surface area contributed by atoms with E-state index in [2.05, 4.69) is 95.7 Å². The Labute approximate surface area is 236 Å². The van der Waals surface area contributed by atoms with Gasteiger partial charge in [-0.25, -0.2) is 4.79 Å². The summed E-state index contributed by atoms with van der Waals surface area (Å²) in [6, 6.07) is 32.2. The molecule has 2 heterocycles. The fourth-order valence-electron chi connectivity index (χ4n) is 4.49. The van der Waals surface area contributed by atoms with Crippen molar-refractivity contribution in [3.05, 3.63) is 91.0 Å². The fourth-order valence-corrected chi connectivity index (χ4v) is 6.59. The second kappa shape index (κ2) is 13.2. The SMILES string of the molecule is CC1(C)O[C@@H]([C@H]2COC(C)(C)O2)[C@H](COC(=O)C(F)F)O1.c1ccc([S+](c2ccccc2)c2ccccc2)cc1. The average Bonchev–Trinajstić information content (AvgIpc) is 3.46. The summed E-state index contributed by atoms with van der Waals surface area (Å²) in [5.41, 5.74) is 0. The lowest BCUT2D eigenvalue weighted by Gasteiger charge is -2.23. The third kappa shape index (κ3) is 8.11. The highest BCUT2D eigenvalue weighted by molar-refractivity contribution is 7.97. The van der Waals surface area contributed by atoms with E-state index < -0.39 is 42.3 Å². The van der Waals surface area contributed by atoms with Gasteiger partial charge in [0.1, 0.15) is 24.9 Å². The zero-order valence-electron chi connectivity index (χ0n) is 23.0. The molecule has 0 radical (unpaired) electrons. The first-order valence-electron chi connectivity index (χ1n) is 13.1. The number of alkyl halides is 2. The van der Waals surface area contributed by atoms with Crippen LogP contribution in [0, 0.1) is 0 Å². The Bertz CT molecular complexity index is 1120. The zero-order valence-corrected chi connectivity index (χ0v) is 23.8. The van der Waals surface area contributed by atoms with Gasteiger partial charge < -0.3 is 23.7 Å². The summed E-state index contributed by atoms with van der Waals surface area (Å²) in [5, 5.41) is 0. The molecule has 6 nitrogen and oxygen atoms in total. The Morgan fingerprint density at radius 1 is 0.800 bits per heavy atom. The molecular formula is C31H35F2O6S+. The normalized spacial score (nSPS) is 23.1. The second-order valence-corrected chi connectivity index (χ2v) is 12.2. The molecule has 0 saturated carbocycles. The summed E-state index contributed by atoms with van der Waals surface area (Å²) in [4.78, 5) is 15.0. The predicted octanol–water partition coefficient (Wildman–Crippen LogP) is 6.25. The summed E-state index contributed by atoms with van der Waals surface area (Å²) in [5.74, 6) is -3.24. The molecule has 3 aromatic carbocycles. The van der Waals surface area contributed by atoms with E-state index in [0.717, 1.165) is 0 Å². The monoisotopic (exact) mass is 573 g/mol. The molecule has 0 N–H and O–H groups in total. The summed E-state index contributed by atoms with van der Waals surface area (Å²) in [7, 11) is -0.0146. The van der Waals surface area contributed by atoms with Gasteiger partial charge >= 0.3 is 12.4 Å². The summed E-state index contributed by atoms with van der Waals surface area (Å²) < 4.78 is 51.3.